The molecule has 0 aromatic carbocycles. The molecule has 8 nitrogen and oxygen atoms in total. The molecule has 3 rings (SSSR count). The lowest BCUT2D eigenvalue weighted by Crippen LogP contribution is -2.42. The van der Waals surface area contributed by atoms with Gasteiger partial charge in [-0.3, -0.25) is 4.79 Å². The van der Waals surface area contributed by atoms with Crippen molar-refractivity contribution in [2.24, 2.45) is 5.92 Å². The molecule has 3 heterocycles. The number of likely N-dealkylation sites (tertiary alicyclic amines) is 1. The molecule has 0 radical (unpaired) electrons. The number of hydrogen-bond acceptors (Lipinski definition) is 5. The highest BCUT2D eigenvalue weighted by Crippen LogP contribution is 2.22. The van der Waals surface area contributed by atoms with Crippen LogP contribution < -0.4 is 5.56 Å². The number of nitrogens with zero attached hydrogens (tertiary/aromatic N) is 5. The third-order valence-corrected chi connectivity index (χ3v) is 4.44. The van der Waals surface area contributed by atoms with E-state index in [1.54, 1.807) is 23.5 Å². The third-order valence-electron chi connectivity index (χ3n) is 4.44. The maximum Gasteiger partial charge on any atom is 0.410 e. The van der Waals surface area contributed by atoms with Crippen LogP contribution in [0.5, 0.6) is 0 Å². The molecule has 2 aromatic heterocycles. The Hall–Kier alpha value is -2.38. The minimum absolute atomic E-state index is 0.119. The van der Waals surface area contributed by atoms with Gasteiger partial charge in [-0.15, -0.1) is 0 Å². The van der Waals surface area contributed by atoms with Crippen molar-refractivity contribution in [2.45, 2.75) is 52.2 Å². The van der Waals surface area contributed by atoms with Gasteiger partial charge in [0.25, 0.3) is 5.56 Å². The number of aryl methyl sites for hydroxylation is 1. The van der Waals surface area contributed by atoms with E-state index in [1.807, 2.05) is 20.8 Å². The molecule has 1 fully saturated rings. The summed E-state index contributed by atoms with van der Waals surface area (Å²) < 4.78 is 8.40. The zero-order chi connectivity index (χ0) is 18.0. The molecule has 8 heteroatoms. The molecule has 1 amide bonds. The topological polar surface area (TPSA) is 81.7 Å². The van der Waals surface area contributed by atoms with Crippen LogP contribution in [-0.4, -0.2) is 49.1 Å². The predicted molar refractivity (Wildman–Crippen MR) is 92.4 cm³/mol. The van der Waals surface area contributed by atoms with Crippen molar-refractivity contribution in [1.82, 2.24) is 24.3 Å². The Balaban J connectivity index is 1.51. The monoisotopic (exact) mass is 347 g/mol. The smallest absolute Gasteiger partial charge is 0.410 e. The van der Waals surface area contributed by atoms with Crippen molar-refractivity contribution in [1.29, 1.82) is 0 Å². The normalized spacial score (nSPS) is 16.4. The third kappa shape index (κ3) is 4.18. The van der Waals surface area contributed by atoms with E-state index in [2.05, 4.69) is 10.2 Å². The fourth-order valence-electron chi connectivity index (χ4n) is 3.07. The first kappa shape index (κ1) is 17.4. The predicted octanol–water partition coefficient (Wildman–Crippen LogP) is 1.93. The van der Waals surface area contributed by atoms with Gasteiger partial charge in [-0.2, -0.15) is 10.2 Å². The lowest BCUT2D eigenvalue weighted by atomic mass is 9.94. The highest BCUT2D eigenvalue weighted by molar-refractivity contribution is 5.68. The van der Waals surface area contributed by atoms with Gasteiger partial charge in [0, 0.05) is 19.6 Å². The van der Waals surface area contributed by atoms with Gasteiger partial charge >= 0.3 is 6.09 Å². The van der Waals surface area contributed by atoms with Crippen LogP contribution in [0.2, 0.25) is 0 Å². The minimum Gasteiger partial charge on any atom is -0.444 e. The summed E-state index contributed by atoms with van der Waals surface area (Å²) in [4.78, 5) is 26.2. The SMILES string of the molecule is CC(C)(C)OC(=O)N1CCC(CCn2ncn3nccc3c2=O)CC1. The van der Waals surface area contributed by atoms with Crippen LogP contribution in [-0.2, 0) is 11.3 Å². The molecule has 0 N–H and O–H groups in total. The van der Waals surface area contributed by atoms with Crippen LogP contribution in [0.4, 0.5) is 4.79 Å². The number of hydrogen-bond donors (Lipinski definition) is 0. The van der Waals surface area contributed by atoms with Gasteiger partial charge in [-0.25, -0.2) is 14.0 Å². The number of fused-ring (bicyclic) bond motifs is 1. The van der Waals surface area contributed by atoms with E-state index in [1.165, 1.54) is 9.20 Å². The first-order valence-electron chi connectivity index (χ1n) is 8.71. The van der Waals surface area contributed by atoms with Crippen molar-refractivity contribution < 1.29 is 9.53 Å². The number of ether oxygens (including phenoxy) is 1. The molecule has 136 valence electrons. The Morgan fingerprint density at radius 3 is 2.68 bits per heavy atom. The minimum atomic E-state index is -0.465. The van der Waals surface area contributed by atoms with Crippen molar-refractivity contribution >= 4 is 11.6 Å². The van der Waals surface area contributed by atoms with E-state index < -0.39 is 5.60 Å². The summed E-state index contributed by atoms with van der Waals surface area (Å²) in [5, 5.41) is 8.18. The second-order valence-electron chi connectivity index (χ2n) is 7.52. The molecule has 2 aromatic rings. The van der Waals surface area contributed by atoms with Crippen molar-refractivity contribution in [3.8, 4) is 0 Å². The first-order valence-corrected chi connectivity index (χ1v) is 8.71. The summed E-state index contributed by atoms with van der Waals surface area (Å²) in [5.74, 6) is 0.480. The summed E-state index contributed by atoms with van der Waals surface area (Å²) >= 11 is 0. The van der Waals surface area contributed by atoms with E-state index >= 15 is 0 Å². The Bertz CT molecular complexity index is 796. The van der Waals surface area contributed by atoms with Gasteiger partial charge < -0.3 is 9.64 Å². The largest absolute Gasteiger partial charge is 0.444 e. The fourth-order valence-corrected chi connectivity index (χ4v) is 3.07. The summed E-state index contributed by atoms with van der Waals surface area (Å²) in [6.45, 7) is 7.60. The van der Waals surface area contributed by atoms with E-state index in [0.29, 0.717) is 31.1 Å². The highest BCUT2D eigenvalue weighted by atomic mass is 16.6. The maximum absolute atomic E-state index is 12.3. The van der Waals surface area contributed by atoms with E-state index in [9.17, 15) is 9.59 Å². The maximum atomic E-state index is 12.3. The quantitative estimate of drug-likeness (QED) is 0.847. The average molecular weight is 347 g/mol. The molecular formula is C17H25N5O3. The number of carbonyl (C=O) groups excluding carboxylic acids is 1. The van der Waals surface area contributed by atoms with Gasteiger partial charge in [0.2, 0.25) is 0 Å². The number of aromatic nitrogens is 4. The summed E-state index contributed by atoms with van der Waals surface area (Å²) in [6.07, 6.45) is 5.62. The van der Waals surface area contributed by atoms with Gasteiger partial charge in [-0.1, -0.05) is 0 Å². The van der Waals surface area contributed by atoms with Gasteiger partial charge in [0.15, 0.2) is 0 Å². The Kier molecular flexibility index (Phi) is 4.78. The second-order valence-corrected chi connectivity index (χ2v) is 7.52. The zero-order valence-electron chi connectivity index (χ0n) is 15.0. The molecule has 0 bridgehead atoms. The van der Waals surface area contributed by atoms with Gasteiger partial charge in [0.05, 0.1) is 6.20 Å². The molecule has 25 heavy (non-hydrogen) atoms. The van der Waals surface area contributed by atoms with Crippen molar-refractivity contribution in [3.05, 3.63) is 28.9 Å². The lowest BCUT2D eigenvalue weighted by Gasteiger charge is -2.33. The summed E-state index contributed by atoms with van der Waals surface area (Å²) in [5.41, 5.74) is -0.0477. The highest BCUT2D eigenvalue weighted by Gasteiger charge is 2.26. The van der Waals surface area contributed by atoms with Crippen LogP contribution in [0.3, 0.4) is 0 Å². The Morgan fingerprint density at radius 1 is 1.28 bits per heavy atom. The molecule has 0 aliphatic carbocycles. The molecule has 1 aliphatic rings. The van der Waals surface area contributed by atoms with Crippen molar-refractivity contribution in [2.75, 3.05) is 13.1 Å². The number of rotatable bonds is 3. The van der Waals surface area contributed by atoms with Crippen LogP contribution in [0, 0.1) is 5.92 Å². The molecule has 1 saturated heterocycles. The van der Waals surface area contributed by atoms with Gasteiger partial charge in [0.1, 0.15) is 17.4 Å². The molecule has 0 spiro atoms. The van der Waals surface area contributed by atoms with E-state index in [-0.39, 0.29) is 11.7 Å². The molecule has 0 unspecified atom stereocenters. The van der Waals surface area contributed by atoms with E-state index in [0.717, 1.165) is 19.3 Å². The Morgan fingerprint density at radius 2 is 2.00 bits per heavy atom. The van der Waals surface area contributed by atoms with Crippen LogP contribution in [0.1, 0.15) is 40.0 Å². The molecular weight excluding hydrogens is 322 g/mol. The van der Waals surface area contributed by atoms with E-state index in [4.69, 9.17) is 4.74 Å². The van der Waals surface area contributed by atoms with Gasteiger partial charge in [-0.05, 0) is 52.0 Å². The number of carbonyl (C=O) groups is 1. The number of amides is 1. The molecule has 1 aliphatic heterocycles. The average Bonchev–Trinajstić information content (AvgIpc) is 3.02. The van der Waals surface area contributed by atoms with Crippen LogP contribution in [0.25, 0.3) is 5.52 Å². The first-order chi connectivity index (χ1) is 11.8. The zero-order valence-corrected chi connectivity index (χ0v) is 15.0. The molecule has 0 saturated carbocycles. The fraction of sp³-hybridized carbons (Fsp3) is 0.647. The lowest BCUT2D eigenvalue weighted by molar-refractivity contribution is 0.0179. The number of piperidine rings is 1. The standard InChI is InChI=1S/C17H25N5O3/c1-17(2,3)25-16(24)20-9-5-13(6-10-20)7-11-21-15(23)14-4-8-18-22(14)12-19-21/h4,8,12-13H,5-7,9-11H2,1-3H3. The second kappa shape index (κ2) is 6.85. The van der Waals surface area contributed by atoms with Crippen LogP contribution >= 0.6 is 0 Å². The Labute approximate surface area is 146 Å². The summed E-state index contributed by atoms with van der Waals surface area (Å²) in [7, 11) is 0. The molecule has 0 atom stereocenters. The summed E-state index contributed by atoms with van der Waals surface area (Å²) in [6, 6.07) is 1.69. The van der Waals surface area contributed by atoms with Crippen LogP contribution in [0.15, 0.2) is 23.4 Å². The van der Waals surface area contributed by atoms with Crippen molar-refractivity contribution in [3.63, 3.8) is 0 Å².